The molecule has 0 radical (unpaired) electrons. The van der Waals surface area contributed by atoms with Crippen molar-refractivity contribution in [3.63, 3.8) is 0 Å². The maximum Gasteiger partial charge on any atom is 0.129 e. The fourth-order valence-corrected chi connectivity index (χ4v) is 2.01. The second kappa shape index (κ2) is 5.94. The lowest BCUT2D eigenvalue weighted by molar-refractivity contribution is 0.419. The number of benzene rings is 1. The molecule has 1 N–H and O–H groups in total. The summed E-state index contributed by atoms with van der Waals surface area (Å²) >= 11 is 6.01. The van der Waals surface area contributed by atoms with Crippen LogP contribution >= 0.6 is 11.6 Å². The summed E-state index contributed by atoms with van der Waals surface area (Å²) in [5, 5.41) is 8.21. The summed E-state index contributed by atoms with van der Waals surface area (Å²) in [7, 11) is 0. The van der Waals surface area contributed by atoms with Crippen LogP contribution in [0, 0.1) is 5.82 Å². The summed E-state index contributed by atoms with van der Waals surface area (Å²) in [6.45, 7) is 7.32. The van der Waals surface area contributed by atoms with Gasteiger partial charge in [-0.2, -0.15) is 5.10 Å². The molecule has 0 aliphatic rings. The Balaban J connectivity index is 2.06. The first-order valence-electron chi connectivity index (χ1n) is 6.55. The third-order valence-corrected chi connectivity index (χ3v) is 3.23. The Morgan fingerprint density at radius 3 is 2.70 bits per heavy atom. The first-order valence-corrected chi connectivity index (χ1v) is 6.93. The molecule has 0 aliphatic heterocycles. The molecular weight excluding hydrogens is 277 g/mol. The molecule has 2 aromatic rings. The highest BCUT2D eigenvalue weighted by Crippen LogP contribution is 2.19. The van der Waals surface area contributed by atoms with E-state index in [1.165, 1.54) is 6.07 Å². The number of nitrogens with zero attached hydrogens (tertiary/aromatic N) is 2. The first kappa shape index (κ1) is 15.0. The van der Waals surface area contributed by atoms with Crippen LogP contribution in [0.25, 0.3) is 0 Å². The molecular formula is C15H19ClFN3. The van der Waals surface area contributed by atoms with Gasteiger partial charge in [0.1, 0.15) is 5.82 Å². The number of hydrogen-bond acceptors (Lipinski definition) is 2. The molecule has 108 valence electrons. The van der Waals surface area contributed by atoms with Gasteiger partial charge in [0.2, 0.25) is 0 Å². The Morgan fingerprint density at radius 1 is 1.30 bits per heavy atom. The molecule has 0 amide bonds. The average Bonchev–Trinajstić information content (AvgIpc) is 2.79. The van der Waals surface area contributed by atoms with Gasteiger partial charge in [-0.05, 0) is 39.0 Å². The Labute approximate surface area is 123 Å². The Hall–Kier alpha value is -1.39. The lowest BCUT2D eigenvalue weighted by Gasteiger charge is -2.19. The monoisotopic (exact) mass is 295 g/mol. The van der Waals surface area contributed by atoms with Crippen LogP contribution in [-0.4, -0.2) is 15.3 Å². The van der Waals surface area contributed by atoms with E-state index in [-0.39, 0.29) is 11.4 Å². The van der Waals surface area contributed by atoms with E-state index in [9.17, 15) is 4.39 Å². The largest absolute Gasteiger partial charge is 0.306 e. The van der Waals surface area contributed by atoms with E-state index in [2.05, 4.69) is 31.2 Å². The number of aromatic nitrogens is 2. The summed E-state index contributed by atoms with van der Waals surface area (Å²) in [6.07, 6.45) is 1.84. The molecule has 0 saturated heterocycles. The summed E-state index contributed by atoms with van der Waals surface area (Å²) in [5.74, 6) is -0.303. The maximum atomic E-state index is 13.7. The van der Waals surface area contributed by atoms with E-state index in [0.29, 0.717) is 23.7 Å². The van der Waals surface area contributed by atoms with Crippen LogP contribution in [0.5, 0.6) is 0 Å². The van der Waals surface area contributed by atoms with Crippen LogP contribution in [0.3, 0.4) is 0 Å². The number of hydrogen-bond donors (Lipinski definition) is 1. The molecule has 0 unspecified atom stereocenters. The number of nitrogens with one attached hydrogen (secondary N) is 1. The van der Waals surface area contributed by atoms with Gasteiger partial charge in [-0.3, -0.25) is 4.68 Å². The minimum Gasteiger partial charge on any atom is -0.306 e. The smallest absolute Gasteiger partial charge is 0.129 e. The van der Waals surface area contributed by atoms with Gasteiger partial charge in [0, 0.05) is 28.9 Å². The van der Waals surface area contributed by atoms with E-state index in [1.807, 2.05) is 12.3 Å². The van der Waals surface area contributed by atoms with E-state index >= 15 is 0 Å². The maximum absolute atomic E-state index is 13.7. The summed E-state index contributed by atoms with van der Waals surface area (Å²) < 4.78 is 15.4. The SMILES string of the molecule is CC(C)(C)NCc1ccn(Cc2c(F)cccc2Cl)n1. The molecule has 3 nitrogen and oxygen atoms in total. The topological polar surface area (TPSA) is 29.9 Å². The van der Waals surface area contributed by atoms with Crippen LogP contribution in [-0.2, 0) is 13.1 Å². The number of halogens is 2. The molecule has 0 saturated carbocycles. The Bertz CT molecular complexity index is 567. The quantitative estimate of drug-likeness (QED) is 0.934. The van der Waals surface area contributed by atoms with Gasteiger partial charge < -0.3 is 5.32 Å². The zero-order chi connectivity index (χ0) is 14.8. The molecule has 0 bridgehead atoms. The van der Waals surface area contributed by atoms with Crippen LogP contribution < -0.4 is 5.32 Å². The van der Waals surface area contributed by atoms with Crippen molar-refractivity contribution in [2.75, 3.05) is 0 Å². The third-order valence-electron chi connectivity index (χ3n) is 2.88. The summed E-state index contributed by atoms with van der Waals surface area (Å²) in [5.41, 5.74) is 1.43. The zero-order valence-electron chi connectivity index (χ0n) is 12.0. The summed E-state index contributed by atoms with van der Waals surface area (Å²) in [4.78, 5) is 0. The van der Waals surface area contributed by atoms with Gasteiger partial charge in [-0.15, -0.1) is 0 Å². The standard InChI is InChI=1S/C15H19ClFN3/c1-15(2,3)18-9-11-7-8-20(19-11)10-12-13(16)5-4-6-14(12)17/h4-8,18H,9-10H2,1-3H3. The first-order chi connectivity index (χ1) is 9.35. The minimum atomic E-state index is -0.303. The van der Waals surface area contributed by atoms with Crippen molar-refractivity contribution in [1.82, 2.24) is 15.1 Å². The van der Waals surface area contributed by atoms with Crippen LogP contribution in [0.2, 0.25) is 5.02 Å². The lowest BCUT2D eigenvalue weighted by Crippen LogP contribution is -2.35. The van der Waals surface area contributed by atoms with Gasteiger partial charge >= 0.3 is 0 Å². The molecule has 2 rings (SSSR count). The van der Waals surface area contributed by atoms with Gasteiger partial charge in [-0.25, -0.2) is 4.39 Å². The summed E-state index contributed by atoms with van der Waals surface area (Å²) in [6, 6.07) is 6.62. The van der Waals surface area contributed by atoms with Gasteiger partial charge in [-0.1, -0.05) is 17.7 Å². The number of rotatable bonds is 4. The van der Waals surface area contributed by atoms with E-state index < -0.39 is 0 Å². The Kier molecular flexibility index (Phi) is 4.45. The molecule has 0 fully saturated rings. The molecule has 1 aromatic heterocycles. The minimum absolute atomic E-state index is 0.0403. The molecule has 20 heavy (non-hydrogen) atoms. The van der Waals surface area contributed by atoms with Crippen molar-refractivity contribution < 1.29 is 4.39 Å². The third kappa shape index (κ3) is 4.05. The molecule has 0 spiro atoms. The predicted molar refractivity (Wildman–Crippen MR) is 79.3 cm³/mol. The van der Waals surface area contributed by atoms with E-state index in [1.54, 1.807) is 16.8 Å². The predicted octanol–water partition coefficient (Wildman–Crippen LogP) is 3.61. The van der Waals surface area contributed by atoms with Gasteiger partial charge in [0.05, 0.1) is 12.2 Å². The van der Waals surface area contributed by atoms with Crippen LogP contribution in [0.15, 0.2) is 30.5 Å². The average molecular weight is 296 g/mol. The second-order valence-corrected chi connectivity index (χ2v) is 6.22. The van der Waals surface area contributed by atoms with Crippen molar-refractivity contribution >= 4 is 11.6 Å². The fraction of sp³-hybridized carbons (Fsp3) is 0.400. The fourth-order valence-electron chi connectivity index (χ4n) is 1.79. The normalized spacial score (nSPS) is 11.8. The Morgan fingerprint density at radius 2 is 2.05 bits per heavy atom. The lowest BCUT2D eigenvalue weighted by atomic mass is 10.1. The highest BCUT2D eigenvalue weighted by atomic mass is 35.5. The molecule has 1 aromatic carbocycles. The zero-order valence-corrected chi connectivity index (χ0v) is 12.7. The highest BCUT2D eigenvalue weighted by molar-refractivity contribution is 6.31. The molecule has 5 heteroatoms. The van der Waals surface area contributed by atoms with Crippen molar-refractivity contribution in [3.8, 4) is 0 Å². The van der Waals surface area contributed by atoms with Crippen molar-refractivity contribution in [2.45, 2.75) is 39.4 Å². The van der Waals surface area contributed by atoms with Crippen LogP contribution in [0.4, 0.5) is 4.39 Å². The van der Waals surface area contributed by atoms with Crippen molar-refractivity contribution in [1.29, 1.82) is 0 Å². The van der Waals surface area contributed by atoms with Crippen molar-refractivity contribution in [2.24, 2.45) is 0 Å². The van der Waals surface area contributed by atoms with Crippen molar-refractivity contribution in [3.05, 3.63) is 52.6 Å². The van der Waals surface area contributed by atoms with E-state index in [0.717, 1.165) is 5.69 Å². The molecule has 0 atom stereocenters. The molecule has 0 aliphatic carbocycles. The van der Waals surface area contributed by atoms with Gasteiger partial charge in [0.25, 0.3) is 0 Å². The molecule has 1 heterocycles. The van der Waals surface area contributed by atoms with Gasteiger partial charge in [0.15, 0.2) is 0 Å². The highest BCUT2D eigenvalue weighted by Gasteiger charge is 2.11. The van der Waals surface area contributed by atoms with E-state index in [4.69, 9.17) is 11.6 Å². The second-order valence-electron chi connectivity index (χ2n) is 5.81. The van der Waals surface area contributed by atoms with Crippen LogP contribution in [0.1, 0.15) is 32.0 Å².